The van der Waals surface area contributed by atoms with Gasteiger partial charge in [-0.25, -0.2) is 9.18 Å². The Hall–Kier alpha value is -2.45. The first-order valence-electron chi connectivity index (χ1n) is 8.65. The number of halogens is 3. The van der Waals surface area contributed by atoms with Gasteiger partial charge in [0.15, 0.2) is 0 Å². The number of aliphatic carboxylic acids is 1. The van der Waals surface area contributed by atoms with Gasteiger partial charge in [0.1, 0.15) is 17.9 Å². The molecule has 2 amide bonds. The van der Waals surface area contributed by atoms with Crippen molar-refractivity contribution in [2.24, 2.45) is 0 Å². The molecule has 0 radical (unpaired) electrons. The van der Waals surface area contributed by atoms with Gasteiger partial charge in [-0.15, -0.1) is 0 Å². The molecule has 0 aliphatic heterocycles. The highest BCUT2D eigenvalue weighted by Gasteiger charge is 2.27. The highest BCUT2D eigenvalue weighted by Crippen LogP contribution is 2.22. The summed E-state index contributed by atoms with van der Waals surface area (Å²) < 4.78 is 14.6. The molecule has 2 aromatic rings. The molecule has 2 aromatic carbocycles. The Morgan fingerprint density at radius 3 is 2.34 bits per heavy atom. The van der Waals surface area contributed by atoms with Crippen molar-refractivity contribution < 1.29 is 23.9 Å². The molecule has 0 heterocycles. The number of carbonyl (C=O) groups is 3. The molecule has 0 saturated carbocycles. The third kappa shape index (κ3) is 6.83. The smallest absolute Gasteiger partial charge is 0.326 e. The third-order valence-electron chi connectivity index (χ3n) is 4.12. The molecule has 0 aliphatic carbocycles. The normalized spacial score (nSPS) is 12.7. The Balaban J connectivity index is 2.19. The number of amides is 2. The zero-order valence-corrected chi connectivity index (χ0v) is 17.8. The van der Waals surface area contributed by atoms with Gasteiger partial charge < -0.3 is 15.7 Å². The Morgan fingerprint density at radius 2 is 1.72 bits per heavy atom. The van der Waals surface area contributed by atoms with Gasteiger partial charge in [0, 0.05) is 29.3 Å². The van der Waals surface area contributed by atoms with E-state index in [0.717, 1.165) is 0 Å². The maximum Gasteiger partial charge on any atom is 0.326 e. The minimum absolute atomic E-state index is 0.0330. The van der Waals surface area contributed by atoms with E-state index >= 15 is 0 Å². The van der Waals surface area contributed by atoms with Crippen LogP contribution in [-0.4, -0.2) is 35.0 Å². The molecular formula is C20H19BrClFN2O4. The molecule has 154 valence electrons. The summed E-state index contributed by atoms with van der Waals surface area (Å²) in [4.78, 5) is 35.9. The number of nitrogens with one attached hydrogen (secondary N) is 2. The Labute approximate surface area is 180 Å². The first-order valence-corrected chi connectivity index (χ1v) is 9.82. The van der Waals surface area contributed by atoms with E-state index in [1.165, 1.54) is 25.1 Å². The van der Waals surface area contributed by atoms with Gasteiger partial charge in [0.25, 0.3) is 0 Å². The average molecular weight is 486 g/mol. The maximum absolute atomic E-state index is 14.0. The van der Waals surface area contributed by atoms with Gasteiger partial charge in [-0.05, 0) is 35.4 Å². The van der Waals surface area contributed by atoms with E-state index < -0.39 is 35.7 Å². The van der Waals surface area contributed by atoms with Crippen LogP contribution in [0.3, 0.4) is 0 Å². The topological polar surface area (TPSA) is 95.5 Å². The van der Waals surface area contributed by atoms with Crippen molar-refractivity contribution in [3.05, 3.63) is 68.9 Å². The summed E-state index contributed by atoms with van der Waals surface area (Å²) in [5.74, 6) is -2.99. The number of benzene rings is 2. The van der Waals surface area contributed by atoms with Gasteiger partial charge in [-0.2, -0.15) is 0 Å². The summed E-state index contributed by atoms with van der Waals surface area (Å²) in [6.07, 6.45) is -0.153. The summed E-state index contributed by atoms with van der Waals surface area (Å²) >= 11 is 9.29. The first-order chi connectivity index (χ1) is 13.7. The van der Waals surface area contributed by atoms with E-state index in [9.17, 15) is 23.9 Å². The van der Waals surface area contributed by atoms with Crippen LogP contribution < -0.4 is 10.6 Å². The standard InChI is InChI=1S/C20H19BrClFN2O4/c1-11(26)24-17(9-12-4-2-3-5-16(12)23)19(27)25-18(20(28)29)10-13-8-14(22)6-7-15(13)21/h2-8,17-18H,9-10H2,1H3,(H,24,26)(H,25,27)(H,28,29)/t17-,18-/m1/s1. The Kier molecular flexibility index (Phi) is 8.16. The van der Waals surface area contributed by atoms with Gasteiger partial charge in [0.05, 0.1) is 0 Å². The fourth-order valence-electron chi connectivity index (χ4n) is 2.73. The number of carboxylic acids is 1. The molecule has 0 unspecified atom stereocenters. The quantitative estimate of drug-likeness (QED) is 0.535. The van der Waals surface area contributed by atoms with Crippen LogP contribution in [-0.2, 0) is 27.2 Å². The molecule has 0 fully saturated rings. The first kappa shape index (κ1) is 22.8. The van der Waals surface area contributed by atoms with Crippen molar-refractivity contribution in [1.82, 2.24) is 10.6 Å². The Bertz CT molecular complexity index is 925. The molecule has 9 heteroatoms. The van der Waals surface area contributed by atoms with E-state index in [2.05, 4.69) is 26.6 Å². The molecule has 0 spiro atoms. The van der Waals surface area contributed by atoms with Crippen LogP contribution >= 0.6 is 27.5 Å². The lowest BCUT2D eigenvalue weighted by atomic mass is 10.0. The van der Waals surface area contributed by atoms with Crippen molar-refractivity contribution in [2.75, 3.05) is 0 Å². The zero-order valence-electron chi connectivity index (χ0n) is 15.4. The molecule has 3 N–H and O–H groups in total. The minimum atomic E-state index is -1.27. The monoisotopic (exact) mass is 484 g/mol. The van der Waals surface area contributed by atoms with Crippen molar-refractivity contribution in [2.45, 2.75) is 31.8 Å². The molecule has 2 rings (SSSR count). The predicted molar refractivity (Wildman–Crippen MR) is 110 cm³/mol. The lowest BCUT2D eigenvalue weighted by Crippen LogP contribution is -2.52. The van der Waals surface area contributed by atoms with Crippen LogP contribution in [0.2, 0.25) is 5.02 Å². The molecule has 0 aromatic heterocycles. The van der Waals surface area contributed by atoms with Crippen molar-refractivity contribution >= 4 is 45.3 Å². The van der Waals surface area contributed by atoms with Crippen LogP contribution in [0.1, 0.15) is 18.1 Å². The van der Waals surface area contributed by atoms with E-state index in [1.807, 2.05) is 0 Å². The van der Waals surface area contributed by atoms with E-state index in [-0.39, 0.29) is 18.4 Å². The fraction of sp³-hybridized carbons (Fsp3) is 0.250. The molecule has 29 heavy (non-hydrogen) atoms. The highest BCUT2D eigenvalue weighted by atomic mass is 79.9. The summed E-state index contributed by atoms with van der Waals surface area (Å²) in [5.41, 5.74) is 0.821. The summed E-state index contributed by atoms with van der Waals surface area (Å²) in [6, 6.07) is 8.38. The van der Waals surface area contributed by atoms with Gasteiger partial charge in [-0.3, -0.25) is 9.59 Å². The molecule has 0 saturated heterocycles. The average Bonchev–Trinajstić information content (AvgIpc) is 2.64. The minimum Gasteiger partial charge on any atom is -0.480 e. The highest BCUT2D eigenvalue weighted by molar-refractivity contribution is 9.10. The second kappa shape index (κ2) is 10.4. The van der Waals surface area contributed by atoms with Crippen LogP contribution in [0, 0.1) is 5.82 Å². The van der Waals surface area contributed by atoms with Crippen molar-refractivity contribution in [3.8, 4) is 0 Å². The van der Waals surface area contributed by atoms with E-state index in [4.69, 9.17) is 11.6 Å². The lowest BCUT2D eigenvalue weighted by Gasteiger charge is -2.21. The number of hydrogen-bond donors (Lipinski definition) is 3. The molecule has 6 nitrogen and oxygen atoms in total. The maximum atomic E-state index is 14.0. The summed E-state index contributed by atoms with van der Waals surface area (Å²) in [7, 11) is 0. The van der Waals surface area contributed by atoms with Gasteiger partial charge >= 0.3 is 5.97 Å². The second-order valence-corrected chi connectivity index (χ2v) is 7.68. The van der Waals surface area contributed by atoms with Crippen molar-refractivity contribution in [3.63, 3.8) is 0 Å². The number of carbonyl (C=O) groups excluding carboxylic acids is 2. The van der Waals surface area contributed by atoms with Crippen LogP contribution in [0.4, 0.5) is 4.39 Å². The fourth-order valence-corrected chi connectivity index (χ4v) is 3.33. The van der Waals surface area contributed by atoms with E-state index in [0.29, 0.717) is 15.1 Å². The largest absolute Gasteiger partial charge is 0.480 e. The van der Waals surface area contributed by atoms with Gasteiger partial charge in [-0.1, -0.05) is 45.7 Å². The second-order valence-electron chi connectivity index (χ2n) is 6.39. The van der Waals surface area contributed by atoms with E-state index in [1.54, 1.807) is 24.3 Å². The number of hydrogen-bond acceptors (Lipinski definition) is 3. The van der Waals surface area contributed by atoms with Crippen LogP contribution in [0.15, 0.2) is 46.9 Å². The summed E-state index contributed by atoms with van der Waals surface area (Å²) in [6.45, 7) is 1.22. The molecule has 0 aliphatic rings. The van der Waals surface area contributed by atoms with Crippen molar-refractivity contribution in [1.29, 1.82) is 0 Å². The number of rotatable bonds is 8. The zero-order chi connectivity index (χ0) is 21.6. The van der Waals surface area contributed by atoms with Gasteiger partial charge in [0.2, 0.25) is 11.8 Å². The molecule has 0 bridgehead atoms. The van der Waals surface area contributed by atoms with Crippen LogP contribution in [0.5, 0.6) is 0 Å². The SMILES string of the molecule is CC(=O)N[C@H](Cc1ccccc1F)C(=O)N[C@H](Cc1cc(Cl)ccc1Br)C(=O)O. The predicted octanol–water partition coefficient (Wildman–Crippen LogP) is 3.10. The molecular weight excluding hydrogens is 467 g/mol. The Morgan fingerprint density at radius 1 is 1.07 bits per heavy atom. The van der Waals surface area contributed by atoms with Crippen LogP contribution in [0.25, 0.3) is 0 Å². The molecule has 2 atom stereocenters. The third-order valence-corrected chi connectivity index (χ3v) is 5.13. The lowest BCUT2D eigenvalue weighted by molar-refractivity contribution is -0.142. The number of carboxylic acid groups (broad SMARTS) is 1. The summed E-state index contributed by atoms with van der Waals surface area (Å²) in [5, 5.41) is 14.8.